The molecule has 0 aromatic carbocycles. The number of carbonyl (C=O) groups is 1. The number of amides is 2. The van der Waals surface area contributed by atoms with Gasteiger partial charge >= 0.3 is 6.03 Å². The molecule has 1 saturated heterocycles. The highest BCUT2D eigenvalue weighted by Gasteiger charge is 2.26. The van der Waals surface area contributed by atoms with Gasteiger partial charge in [-0.1, -0.05) is 6.92 Å². The third-order valence-corrected chi connectivity index (χ3v) is 2.82. The third-order valence-electron chi connectivity index (χ3n) is 2.82. The predicted molar refractivity (Wildman–Crippen MR) is 66.5 cm³/mol. The lowest BCUT2D eigenvalue weighted by atomic mass is 10.1. The van der Waals surface area contributed by atoms with Crippen LogP contribution in [0.15, 0.2) is 0 Å². The largest absolute Gasteiger partial charge is 0.326 e. The van der Waals surface area contributed by atoms with Crippen LogP contribution in [0.3, 0.4) is 0 Å². The van der Waals surface area contributed by atoms with E-state index in [-0.39, 0.29) is 11.6 Å². The number of urea groups is 1. The second-order valence-electron chi connectivity index (χ2n) is 5.89. The van der Waals surface area contributed by atoms with Gasteiger partial charge in [0.05, 0.1) is 0 Å². The minimum Gasteiger partial charge on any atom is -0.326 e. The molecule has 94 valence electrons. The van der Waals surface area contributed by atoms with Crippen molar-refractivity contribution >= 4 is 6.03 Å². The van der Waals surface area contributed by atoms with E-state index < -0.39 is 0 Å². The second kappa shape index (κ2) is 5.04. The molecule has 4 heteroatoms. The number of hydrogen-bond acceptors (Lipinski definition) is 2. The van der Waals surface area contributed by atoms with E-state index in [1.54, 1.807) is 4.90 Å². The van der Waals surface area contributed by atoms with Gasteiger partial charge in [-0.2, -0.15) is 0 Å². The average Bonchev–Trinajstić information content (AvgIpc) is 2.46. The number of likely N-dealkylation sites (N-methyl/N-ethyl adjacent to an activating group) is 1. The van der Waals surface area contributed by atoms with Crippen LogP contribution in [-0.2, 0) is 0 Å². The summed E-state index contributed by atoms with van der Waals surface area (Å²) in [6, 6.07) is 0.169. The van der Waals surface area contributed by atoms with Crippen molar-refractivity contribution in [3.8, 4) is 0 Å². The van der Waals surface area contributed by atoms with Crippen LogP contribution in [0, 0.1) is 5.92 Å². The highest BCUT2D eigenvalue weighted by atomic mass is 16.2. The summed E-state index contributed by atoms with van der Waals surface area (Å²) in [5.74, 6) is 0.495. The summed E-state index contributed by atoms with van der Waals surface area (Å²) in [6.45, 7) is 12.2. The van der Waals surface area contributed by atoms with Gasteiger partial charge in [-0.3, -0.25) is 0 Å². The Bertz CT molecular complexity index is 247. The Morgan fingerprint density at radius 3 is 2.44 bits per heavy atom. The van der Waals surface area contributed by atoms with E-state index in [2.05, 4.69) is 33.0 Å². The first kappa shape index (κ1) is 13.3. The van der Waals surface area contributed by atoms with Crippen LogP contribution >= 0.6 is 0 Å². The van der Waals surface area contributed by atoms with Crippen LogP contribution < -0.4 is 5.32 Å². The summed E-state index contributed by atoms with van der Waals surface area (Å²) in [5, 5.41) is 3.47. The molecule has 1 aliphatic rings. The van der Waals surface area contributed by atoms with Gasteiger partial charge in [-0.25, -0.2) is 4.79 Å². The van der Waals surface area contributed by atoms with E-state index in [1.807, 2.05) is 11.9 Å². The first-order valence-corrected chi connectivity index (χ1v) is 6.04. The molecule has 1 aliphatic heterocycles. The smallest absolute Gasteiger partial charge is 0.319 e. The van der Waals surface area contributed by atoms with Crippen molar-refractivity contribution in [1.82, 2.24) is 15.1 Å². The summed E-state index contributed by atoms with van der Waals surface area (Å²) >= 11 is 0. The molecule has 1 unspecified atom stereocenters. The maximum absolute atomic E-state index is 11.7. The molecule has 1 N–H and O–H groups in total. The van der Waals surface area contributed by atoms with E-state index in [9.17, 15) is 4.79 Å². The molecule has 1 atom stereocenters. The molecule has 0 aromatic rings. The van der Waals surface area contributed by atoms with Gasteiger partial charge < -0.3 is 15.1 Å². The number of carbonyl (C=O) groups excluding carboxylic acids is 1. The van der Waals surface area contributed by atoms with E-state index in [4.69, 9.17) is 0 Å². The van der Waals surface area contributed by atoms with E-state index >= 15 is 0 Å². The minimum atomic E-state index is 0.153. The molecule has 2 amide bonds. The van der Waals surface area contributed by atoms with Crippen LogP contribution in [0.2, 0.25) is 0 Å². The van der Waals surface area contributed by atoms with E-state index in [1.165, 1.54) is 0 Å². The summed E-state index contributed by atoms with van der Waals surface area (Å²) in [5.41, 5.74) is 0.153. The Kier molecular flexibility index (Phi) is 4.19. The molecule has 0 saturated carbocycles. The zero-order valence-corrected chi connectivity index (χ0v) is 11.2. The predicted octanol–water partition coefficient (Wildman–Crippen LogP) is 1.38. The quantitative estimate of drug-likeness (QED) is 0.787. The first-order valence-electron chi connectivity index (χ1n) is 6.04. The number of nitrogens with one attached hydrogen (secondary N) is 1. The minimum absolute atomic E-state index is 0.153. The first-order chi connectivity index (χ1) is 7.29. The topological polar surface area (TPSA) is 35.6 Å². The highest BCUT2D eigenvalue weighted by Crippen LogP contribution is 2.09. The van der Waals surface area contributed by atoms with Crippen molar-refractivity contribution in [2.24, 2.45) is 5.92 Å². The van der Waals surface area contributed by atoms with Crippen LogP contribution in [0.5, 0.6) is 0 Å². The fourth-order valence-corrected chi connectivity index (χ4v) is 1.79. The Morgan fingerprint density at radius 2 is 2.00 bits per heavy atom. The monoisotopic (exact) mass is 227 g/mol. The molecular weight excluding hydrogens is 202 g/mol. The molecule has 0 bridgehead atoms. The van der Waals surface area contributed by atoms with Crippen molar-refractivity contribution in [1.29, 1.82) is 0 Å². The van der Waals surface area contributed by atoms with Gasteiger partial charge in [-0.05, 0) is 33.2 Å². The Labute approximate surface area is 99.0 Å². The lowest BCUT2D eigenvalue weighted by Crippen LogP contribution is -2.42. The molecular formula is C12H25N3O. The lowest BCUT2D eigenvalue weighted by Gasteiger charge is -2.26. The van der Waals surface area contributed by atoms with Crippen LogP contribution in [0.25, 0.3) is 0 Å². The number of rotatable bonds is 4. The lowest BCUT2D eigenvalue weighted by molar-refractivity contribution is 0.191. The van der Waals surface area contributed by atoms with Gasteiger partial charge in [0.15, 0.2) is 0 Å². The van der Waals surface area contributed by atoms with Crippen molar-refractivity contribution in [2.75, 3.05) is 33.2 Å². The van der Waals surface area contributed by atoms with Gasteiger partial charge in [0.1, 0.15) is 0 Å². The molecule has 16 heavy (non-hydrogen) atoms. The summed E-state index contributed by atoms with van der Waals surface area (Å²) in [7, 11) is 1.86. The van der Waals surface area contributed by atoms with Gasteiger partial charge in [-0.15, -0.1) is 0 Å². The highest BCUT2D eigenvalue weighted by molar-refractivity contribution is 5.76. The van der Waals surface area contributed by atoms with E-state index in [0.29, 0.717) is 5.92 Å². The summed E-state index contributed by atoms with van der Waals surface area (Å²) in [4.78, 5) is 15.4. The maximum atomic E-state index is 11.7. The van der Waals surface area contributed by atoms with Gasteiger partial charge in [0.2, 0.25) is 0 Å². The zero-order chi connectivity index (χ0) is 12.3. The molecule has 1 heterocycles. The SMILES string of the molecule is CC(CNC(C)(C)C)CN1CCN(C)C1=O. The van der Waals surface area contributed by atoms with Crippen molar-refractivity contribution in [2.45, 2.75) is 33.2 Å². The molecule has 0 aliphatic carbocycles. The van der Waals surface area contributed by atoms with Crippen molar-refractivity contribution in [3.05, 3.63) is 0 Å². The Morgan fingerprint density at radius 1 is 1.38 bits per heavy atom. The third kappa shape index (κ3) is 4.00. The molecule has 0 aromatic heterocycles. The molecule has 1 fully saturated rings. The van der Waals surface area contributed by atoms with Gasteiger partial charge in [0, 0.05) is 32.2 Å². The van der Waals surface area contributed by atoms with E-state index in [0.717, 1.165) is 26.2 Å². The normalized spacial score (nSPS) is 19.4. The summed E-state index contributed by atoms with van der Waals surface area (Å²) < 4.78 is 0. The number of hydrogen-bond donors (Lipinski definition) is 1. The van der Waals surface area contributed by atoms with Crippen molar-refractivity contribution < 1.29 is 4.79 Å². The average molecular weight is 227 g/mol. The Balaban J connectivity index is 2.29. The molecule has 0 spiro atoms. The van der Waals surface area contributed by atoms with Crippen molar-refractivity contribution in [3.63, 3.8) is 0 Å². The second-order valence-corrected chi connectivity index (χ2v) is 5.89. The Hall–Kier alpha value is -0.770. The fraction of sp³-hybridized carbons (Fsp3) is 0.917. The standard InChI is InChI=1S/C12H25N3O/c1-10(8-13-12(2,3)4)9-15-7-6-14(5)11(15)16/h10,13H,6-9H2,1-5H3. The zero-order valence-electron chi connectivity index (χ0n) is 11.2. The van der Waals surface area contributed by atoms with Crippen LogP contribution in [-0.4, -0.2) is 54.6 Å². The molecule has 1 rings (SSSR count). The maximum Gasteiger partial charge on any atom is 0.319 e. The molecule has 4 nitrogen and oxygen atoms in total. The number of nitrogens with zero attached hydrogens (tertiary/aromatic N) is 2. The van der Waals surface area contributed by atoms with Crippen LogP contribution in [0.4, 0.5) is 4.79 Å². The fourth-order valence-electron chi connectivity index (χ4n) is 1.79. The summed E-state index contributed by atoms with van der Waals surface area (Å²) in [6.07, 6.45) is 0. The van der Waals surface area contributed by atoms with Gasteiger partial charge in [0.25, 0.3) is 0 Å². The van der Waals surface area contributed by atoms with Crippen LogP contribution in [0.1, 0.15) is 27.7 Å². The molecule has 0 radical (unpaired) electrons.